The smallest absolute Gasteiger partial charge is 0.236 e. The Morgan fingerprint density at radius 1 is 1.10 bits per heavy atom. The summed E-state index contributed by atoms with van der Waals surface area (Å²) in [6.07, 6.45) is 3.92. The molecule has 0 unspecified atom stereocenters. The summed E-state index contributed by atoms with van der Waals surface area (Å²) in [5.74, 6) is 3.08. The number of fused-ring (bicyclic) bond motifs is 2. The van der Waals surface area contributed by atoms with Crippen molar-refractivity contribution >= 4 is 11.6 Å². The number of aromatic nitrogens is 3. The van der Waals surface area contributed by atoms with Crippen LogP contribution in [0, 0.1) is 0 Å². The monoisotopic (exact) mass is 282 g/mol. The highest BCUT2D eigenvalue weighted by molar-refractivity contribution is 5.66. The van der Waals surface area contributed by atoms with Gasteiger partial charge in [0.05, 0.1) is 5.69 Å². The largest absolute Gasteiger partial charge is 0.454 e. The molecule has 1 aliphatic heterocycles. The molecule has 6 heteroatoms. The summed E-state index contributed by atoms with van der Waals surface area (Å²) in [6.45, 7) is 0.275. The molecule has 106 valence electrons. The normalized spacial score (nSPS) is 12.9. The topological polar surface area (TPSA) is 51.9 Å². The van der Waals surface area contributed by atoms with Crippen molar-refractivity contribution in [2.45, 2.75) is 0 Å². The number of benzene rings is 1. The molecule has 0 fully saturated rings. The minimum atomic E-state index is 0.275. The number of imidazole rings is 1. The lowest BCUT2D eigenvalue weighted by molar-refractivity contribution is 0.174. The van der Waals surface area contributed by atoms with Gasteiger partial charge in [0.2, 0.25) is 12.6 Å². The molecule has 0 atom stereocenters. The molecule has 0 N–H and O–H groups in total. The summed E-state index contributed by atoms with van der Waals surface area (Å²) in [5, 5.41) is 0. The van der Waals surface area contributed by atoms with E-state index in [1.807, 2.05) is 60.1 Å². The quantitative estimate of drug-likeness (QED) is 0.721. The van der Waals surface area contributed by atoms with Gasteiger partial charge in [-0.3, -0.25) is 4.40 Å². The van der Waals surface area contributed by atoms with E-state index in [-0.39, 0.29) is 6.79 Å². The van der Waals surface area contributed by atoms with E-state index >= 15 is 0 Å². The van der Waals surface area contributed by atoms with Gasteiger partial charge in [0.15, 0.2) is 11.5 Å². The Hall–Kier alpha value is -2.76. The molecule has 3 heterocycles. The van der Waals surface area contributed by atoms with Gasteiger partial charge < -0.3 is 14.4 Å². The number of hydrogen-bond acceptors (Lipinski definition) is 5. The molecule has 1 aliphatic rings. The molecule has 2 aromatic heterocycles. The predicted octanol–water partition coefficient (Wildman–Crippen LogP) is 2.19. The summed E-state index contributed by atoms with van der Waals surface area (Å²) in [7, 11) is 3.92. The van der Waals surface area contributed by atoms with Gasteiger partial charge in [0.1, 0.15) is 5.82 Å². The van der Waals surface area contributed by atoms with Gasteiger partial charge >= 0.3 is 0 Å². The highest BCUT2D eigenvalue weighted by Crippen LogP contribution is 2.35. The third-order valence-corrected chi connectivity index (χ3v) is 3.44. The van der Waals surface area contributed by atoms with Crippen LogP contribution in [0.2, 0.25) is 0 Å². The number of anilines is 1. The molecule has 0 amide bonds. The van der Waals surface area contributed by atoms with Crippen LogP contribution in [-0.2, 0) is 0 Å². The van der Waals surface area contributed by atoms with Gasteiger partial charge in [0, 0.05) is 32.1 Å². The summed E-state index contributed by atoms with van der Waals surface area (Å²) in [4.78, 5) is 11.0. The zero-order valence-corrected chi connectivity index (χ0v) is 11.8. The first-order valence-corrected chi connectivity index (χ1v) is 6.64. The van der Waals surface area contributed by atoms with Crippen molar-refractivity contribution < 1.29 is 9.47 Å². The fourth-order valence-corrected chi connectivity index (χ4v) is 2.31. The van der Waals surface area contributed by atoms with Crippen molar-refractivity contribution in [3.63, 3.8) is 0 Å². The fraction of sp³-hybridized carbons (Fsp3) is 0.200. The molecular formula is C15H14N4O2. The van der Waals surface area contributed by atoms with Crippen molar-refractivity contribution in [2.75, 3.05) is 25.8 Å². The average Bonchev–Trinajstić information content (AvgIpc) is 3.11. The van der Waals surface area contributed by atoms with E-state index in [9.17, 15) is 0 Å². The van der Waals surface area contributed by atoms with Crippen molar-refractivity contribution in [1.82, 2.24) is 14.4 Å². The standard InChI is InChI=1S/C15H14N4O2/c1-18(2)14-5-6-19-8-11(16-15(19)17-14)10-3-4-12-13(7-10)21-9-20-12/h3-8H,9H2,1-2H3. The SMILES string of the molecule is CN(C)c1ccn2cc(-c3ccc4c(c3)OCO4)nc2n1. The summed E-state index contributed by atoms with van der Waals surface area (Å²) >= 11 is 0. The molecule has 0 aliphatic carbocycles. The van der Waals surface area contributed by atoms with Gasteiger partial charge in [-0.15, -0.1) is 0 Å². The van der Waals surface area contributed by atoms with Gasteiger partial charge in [0.25, 0.3) is 0 Å². The van der Waals surface area contributed by atoms with Crippen LogP contribution < -0.4 is 14.4 Å². The van der Waals surface area contributed by atoms with E-state index < -0.39 is 0 Å². The van der Waals surface area contributed by atoms with Gasteiger partial charge in [-0.25, -0.2) is 4.98 Å². The molecule has 0 saturated heterocycles. The Labute approximate surface area is 121 Å². The highest BCUT2D eigenvalue weighted by Gasteiger charge is 2.15. The summed E-state index contributed by atoms with van der Waals surface area (Å²) in [6, 6.07) is 7.78. The maximum Gasteiger partial charge on any atom is 0.236 e. The number of ether oxygens (including phenoxy) is 2. The fourth-order valence-electron chi connectivity index (χ4n) is 2.31. The van der Waals surface area contributed by atoms with Crippen LogP contribution in [0.25, 0.3) is 17.0 Å². The second-order valence-electron chi connectivity index (χ2n) is 5.08. The van der Waals surface area contributed by atoms with Gasteiger partial charge in [-0.05, 0) is 24.3 Å². The molecule has 3 aromatic rings. The van der Waals surface area contributed by atoms with Crippen LogP contribution in [-0.4, -0.2) is 35.3 Å². The third-order valence-electron chi connectivity index (χ3n) is 3.44. The second kappa shape index (κ2) is 4.37. The zero-order valence-electron chi connectivity index (χ0n) is 11.8. The Kier molecular flexibility index (Phi) is 2.50. The summed E-state index contributed by atoms with van der Waals surface area (Å²) in [5.41, 5.74) is 1.84. The van der Waals surface area contributed by atoms with E-state index in [2.05, 4.69) is 9.97 Å². The van der Waals surface area contributed by atoms with Crippen LogP contribution in [0.4, 0.5) is 5.82 Å². The van der Waals surface area contributed by atoms with E-state index in [0.29, 0.717) is 5.78 Å². The van der Waals surface area contributed by atoms with Crippen LogP contribution >= 0.6 is 0 Å². The predicted molar refractivity (Wildman–Crippen MR) is 78.9 cm³/mol. The van der Waals surface area contributed by atoms with Crippen LogP contribution in [0.3, 0.4) is 0 Å². The molecule has 0 radical (unpaired) electrons. The molecular weight excluding hydrogens is 268 g/mol. The maximum absolute atomic E-state index is 5.41. The molecule has 21 heavy (non-hydrogen) atoms. The van der Waals surface area contributed by atoms with Crippen molar-refractivity contribution in [3.05, 3.63) is 36.7 Å². The van der Waals surface area contributed by atoms with Crippen molar-refractivity contribution in [2.24, 2.45) is 0 Å². The Balaban J connectivity index is 1.80. The average molecular weight is 282 g/mol. The van der Waals surface area contributed by atoms with Crippen LogP contribution in [0.1, 0.15) is 0 Å². The lowest BCUT2D eigenvalue weighted by Gasteiger charge is -2.09. The minimum Gasteiger partial charge on any atom is -0.454 e. The number of hydrogen-bond donors (Lipinski definition) is 0. The minimum absolute atomic E-state index is 0.275. The van der Waals surface area contributed by atoms with Gasteiger partial charge in [-0.2, -0.15) is 4.98 Å². The lowest BCUT2D eigenvalue weighted by Crippen LogP contribution is -2.10. The molecule has 4 rings (SSSR count). The van der Waals surface area contributed by atoms with Crippen LogP contribution in [0.15, 0.2) is 36.7 Å². The first-order valence-electron chi connectivity index (χ1n) is 6.64. The second-order valence-corrected chi connectivity index (χ2v) is 5.08. The van der Waals surface area contributed by atoms with Crippen molar-refractivity contribution in [3.8, 4) is 22.8 Å². The maximum atomic E-state index is 5.41. The lowest BCUT2D eigenvalue weighted by atomic mass is 10.1. The van der Waals surface area contributed by atoms with E-state index in [4.69, 9.17) is 9.47 Å². The number of rotatable bonds is 2. The van der Waals surface area contributed by atoms with E-state index in [1.54, 1.807) is 0 Å². The van der Waals surface area contributed by atoms with Gasteiger partial charge in [-0.1, -0.05) is 0 Å². The van der Waals surface area contributed by atoms with Crippen molar-refractivity contribution in [1.29, 1.82) is 0 Å². The highest BCUT2D eigenvalue weighted by atomic mass is 16.7. The zero-order chi connectivity index (χ0) is 14.4. The molecule has 0 spiro atoms. The summed E-state index contributed by atoms with van der Waals surface area (Å²) < 4.78 is 12.6. The Morgan fingerprint density at radius 3 is 2.81 bits per heavy atom. The molecule has 0 bridgehead atoms. The first-order chi connectivity index (χ1) is 10.2. The molecule has 6 nitrogen and oxygen atoms in total. The number of nitrogens with zero attached hydrogens (tertiary/aromatic N) is 4. The Bertz CT molecular complexity index is 826. The molecule has 0 saturated carbocycles. The third kappa shape index (κ3) is 1.96. The Morgan fingerprint density at radius 2 is 1.95 bits per heavy atom. The molecule has 1 aromatic carbocycles. The van der Waals surface area contributed by atoms with E-state index in [1.165, 1.54) is 0 Å². The van der Waals surface area contributed by atoms with E-state index in [0.717, 1.165) is 28.6 Å². The first kappa shape index (κ1) is 12.0. The van der Waals surface area contributed by atoms with Crippen LogP contribution in [0.5, 0.6) is 11.5 Å².